The zero-order chi connectivity index (χ0) is 14.7. The summed E-state index contributed by atoms with van der Waals surface area (Å²) in [6, 6.07) is 8.04. The Kier molecular flexibility index (Phi) is 4.24. The number of carbonyl (C=O) groups is 1. The third kappa shape index (κ3) is 3.27. The molecule has 0 unspecified atom stereocenters. The summed E-state index contributed by atoms with van der Waals surface area (Å²) in [7, 11) is 0. The molecule has 1 aromatic heterocycles. The molecule has 2 aromatic rings. The monoisotopic (exact) mass is 290 g/mol. The molecule has 6 heteroatoms. The summed E-state index contributed by atoms with van der Waals surface area (Å²) in [6.45, 7) is 3.78. The fraction of sp³-hybridized carbons (Fsp3) is 0.214. The smallest absolute Gasteiger partial charge is 0.269 e. The molecule has 0 saturated carbocycles. The van der Waals surface area contributed by atoms with Gasteiger partial charge in [-0.2, -0.15) is 0 Å². The van der Waals surface area contributed by atoms with Crippen molar-refractivity contribution in [1.82, 2.24) is 4.98 Å². The lowest BCUT2D eigenvalue weighted by Crippen LogP contribution is -2.02. The molecule has 104 valence electrons. The highest BCUT2D eigenvalue weighted by atomic mass is 32.2. The SMILES string of the molecule is Cc1cc(C(=O)CSc2ccc([N+](=O)[O-])cc2)c(C)[nH]1. The molecule has 0 bridgehead atoms. The lowest BCUT2D eigenvalue weighted by Gasteiger charge is -2.01. The molecule has 0 saturated heterocycles. The number of hydrogen-bond donors (Lipinski definition) is 1. The maximum absolute atomic E-state index is 12.1. The highest BCUT2D eigenvalue weighted by Crippen LogP contribution is 2.23. The van der Waals surface area contributed by atoms with Crippen LogP contribution in [0.4, 0.5) is 5.69 Å². The third-order valence-corrected chi connectivity index (χ3v) is 3.88. The van der Waals surface area contributed by atoms with E-state index in [9.17, 15) is 14.9 Å². The number of nitrogens with zero attached hydrogens (tertiary/aromatic N) is 1. The highest BCUT2D eigenvalue weighted by Gasteiger charge is 2.12. The van der Waals surface area contributed by atoms with Crippen LogP contribution < -0.4 is 0 Å². The largest absolute Gasteiger partial charge is 0.362 e. The van der Waals surface area contributed by atoms with Gasteiger partial charge in [-0.15, -0.1) is 11.8 Å². The standard InChI is InChI=1S/C14H14N2O3S/c1-9-7-13(10(2)15-9)14(17)8-20-12-5-3-11(4-6-12)16(18)19/h3-7,15H,8H2,1-2H3. The molecule has 20 heavy (non-hydrogen) atoms. The molecule has 0 aliphatic heterocycles. The van der Waals surface area contributed by atoms with E-state index in [0.717, 1.165) is 16.3 Å². The Hall–Kier alpha value is -2.08. The van der Waals surface area contributed by atoms with Gasteiger partial charge < -0.3 is 4.98 Å². The first-order valence-electron chi connectivity index (χ1n) is 6.04. The predicted octanol–water partition coefficient (Wildman–Crippen LogP) is 3.51. The molecule has 0 amide bonds. The predicted molar refractivity (Wildman–Crippen MR) is 78.4 cm³/mol. The summed E-state index contributed by atoms with van der Waals surface area (Å²) in [5, 5.41) is 10.5. The van der Waals surface area contributed by atoms with Gasteiger partial charge in [0.05, 0.1) is 10.7 Å². The first kappa shape index (κ1) is 14.3. The van der Waals surface area contributed by atoms with Crippen molar-refractivity contribution >= 4 is 23.2 Å². The second-order valence-corrected chi connectivity index (χ2v) is 5.50. The van der Waals surface area contributed by atoms with Crippen LogP contribution >= 0.6 is 11.8 Å². The van der Waals surface area contributed by atoms with Crippen LogP contribution in [-0.4, -0.2) is 21.4 Å². The quantitative estimate of drug-likeness (QED) is 0.395. The van der Waals surface area contributed by atoms with E-state index in [1.807, 2.05) is 19.9 Å². The Morgan fingerprint density at radius 1 is 1.30 bits per heavy atom. The van der Waals surface area contributed by atoms with Crippen molar-refractivity contribution in [1.29, 1.82) is 0 Å². The average molecular weight is 290 g/mol. The van der Waals surface area contributed by atoms with E-state index in [4.69, 9.17) is 0 Å². The first-order valence-corrected chi connectivity index (χ1v) is 7.02. The molecule has 5 nitrogen and oxygen atoms in total. The number of hydrogen-bond acceptors (Lipinski definition) is 4. The topological polar surface area (TPSA) is 76.0 Å². The van der Waals surface area contributed by atoms with E-state index in [1.54, 1.807) is 12.1 Å². The summed E-state index contributed by atoms with van der Waals surface area (Å²) >= 11 is 1.38. The molecule has 0 atom stereocenters. The zero-order valence-corrected chi connectivity index (χ0v) is 12.0. The van der Waals surface area contributed by atoms with Crippen LogP contribution in [0.2, 0.25) is 0 Å². The molecule has 0 aliphatic rings. The Morgan fingerprint density at radius 2 is 1.95 bits per heavy atom. The molecular formula is C14H14N2O3S. The Bertz CT molecular complexity index is 647. The van der Waals surface area contributed by atoms with E-state index >= 15 is 0 Å². The number of nitro benzene ring substituents is 1. The van der Waals surface area contributed by atoms with Crippen LogP contribution in [0.5, 0.6) is 0 Å². The number of carbonyl (C=O) groups excluding carboxylic acids is 1. The van der Waals surface area contributed by atoms with Gasteiger partial charge in [0.15, 0.2) is 5.78 Å². The van der Waals surface area contributed by atoms with Gasteiger partial charge in [-0.05, 0) is 32.0 Å². The number of aryl methyl sites for hydroxylation is 2. The fourth-order valence-electron chi connectivity index (χ4n) is 1.90. The van der Waals surface area contributed by atoms with Crippen LogP contribution in [0.1, 0.15) is 21.7 Å². The van der Waals surface area contributed by atoms with Gasteiger partial charge in [0.1, 0.15) is 0 Å². The second kappa shape index (κ2) is 5.92. The van der Waals surface area contributed by atoms with Gasteiger partial charge >= 0.3 is 0 Å². The van der Waals surface area contributed by atoms with Crippen LogP contribution in [0, 0.1) is 24.0 Å². The van der Waals surface area contributed by atoms with Crippen LogP contribution in [0.25, 0.3) is 0 Å². The number of ketones is 1. The van der Waals surface area contributed by atoms with Gasteiger partial charge in [-0.25, -0.2) is 0 Å². The number of benzene rings is 1. The van der Waals surface area contributed by atoms with Gasteiger partial charge in [-0.1, -0.05) is 0 Å². The molecule has 1 heterocycles. The number of aromatic nitrogens is 1. The summed E-state index contributed by atoms with van der Waals surface area (Å²) in [4.78, 5) is 26.1. The second-order valence-electron chi connectivity index (χ2n) is 4.45. The van der Waals surface area contributed by atoms with Crippen molar-refractivity contribution in [2.45, 2.75) is 18.7 Å². The van der Waals surface area contributed by atoms with Crippen molar-refractivity contribution in [3.05, 3.63) is 57.4 Å². The Morgan fingerprint density at radius 3 is 2.45 bits per heavy atom. The Balaban J connectivity index is 2.00. The van der Waals surface area contributed by atoms with Gasteiger partial charge in [-0.3, -0.25) is 14.9 Å². The number of non-ortho nitro benzene ring substituents is 1. The molecule has 0 spiro atoms. The van der Waals surface area contributed by atoms with Crippen molar-refractivity contribution in [3.63, 3.8) is 0 Å². The molecule has 1 aromatic carbocycles. The third-order valence-electron chi connectivity index (χ3n) is 2.87. The summed E-state index contributed by atoms with van der Waals surface area (Å²) < 4.78 is 0. The average Bonchev–Trinajstić information content (AvgIpc) is 2.75. The van der Waals surface area contributed by atoms with Crippen molar-refractivity contribution in [2.75, 3.05) is 5.75 Å². The maximum Gasteiger partial charge on any atom is 0.269 e. The minimum absolute atomic E-state index is 0.0511. The maximum atomic E-state index is 12.1. The van der Waals surface area contributed by atoms with E-state index in [2.05, 4.69) is 4.98 Å². The minimum Gasteiger partial charge on any atom is -0.362 e. The van der Waals surface area contributed by atoms with Crippen molar-refractivity contribution < 1.29 is 9.72 Å². The summed E-state index contributed by atoms with van der Waals surface area (Å²) in [6.07, 6.45) is 0. The number of rotatable bonds is 5. The number of aromatic amines is 1. The number of Topliss-reactive ketones (excluding diaryl/α,β-unsaturated/α-hetero) is 1. The van der Waals surface area contributed by atoms with Crippen LogP contribution in [-0.2, 0) is 0 Å². The van der Waals surface area contributed by atoms with Gasteiger partial charge in [0, 0.05) is 34.0 Å². The number of H-pyrrole nitrogens is 1. The van der Waals surface area contributed by atoms with E-state index in [1.165, 1.54) is 23.9 Å². The van der Waals surface area contributed by atoms with Crippen LogP contribution in [0.15, 0.2) is 35.2 Å². The van der Waals surface area contributed by atoms with E-state index < -0.39 is 4.92 Å². The van der Waals surface area contributed by atoms with E-state index in [-0.39, 0.29) is 11.5 Å². The molecule has 2 rings (SSSR count). The minimum atomic E-state index is -0.439. The van der Waals surface area contributed by atoms with Gasteiger partial charge in [0.2, 0.25) is 0 Å². The van der Waals surface area contributed by atoms with E-state index in [0.29, 0.717) is 11.3 Å². The lowest BCUT2D eigenvalue weighted by atomic mass is 10.2. The molecule has 0 radical (unpaired) electrons. The lowest BCUT2D eigenvalue weighted by molar-refractivity contribution is -0.384. The molecular weight excluding hydrogens is 276 g/mol. The summed E-state index contributed by atoms with van der Waals surface area (Å²) in [5.74, 6) is 0.367. The summed E-state index contributed by atoms with van der Waals surface area (Å²) in [5.41, 5.74) is 2.60. The van der Waals surface area contributed by atoms with Crippen LogP contribution in [0.3, 0.4) is 0 Å². The number of thioether (sulfide) groups is 1. The molecule has 1 N–H and O–H groups in total. The molecule has 0 fully saturated rings. The van der Waals surface area contributed by atoms with Crippen molar-refractivity contribution in [2.24, 2.45) is 0 Å². The Labute approximate surface area is 120 Å². The highest BCUT2D eigenvalue weighted by molar-refractivity contribution is 8.00. The van der Waals surface area contributed by atoms with Gasteiger partial charge in [0.25, 0.3) is 5.69 Å². The normalized spacial score (nSPS) is 10.5. The fourth-order valence-corrected chi connectivity index (χ4v) is 2.69. The zero-order valence-electron chi connectivity index (χ0n) is 11.2. The first-order chi connectivity index (χ1) is 9.47. The molecule has 0 aliphatic carbocycles. The number of nitro groups is 1. The number of nitrogens with one attached hydrogen (secondary N) is 1. The van der Waals surface area contributed by atoms with Crippen molar-refractivity contribution in [3.8, 4) is 0 Å².